The summed E-state index contributed by atoms with van der Waals surface area (Å²) in [6.45, 7) is 2.22. The summed E-state index contributed by atoms with van der Waals surface area (Å²) in [6, 6.07) is 0. The second kappa shape index (κ2) is 10.3. The van der Waals surface area contributed by atoms with E-state index in [0.29, 0.717) is 11.7 Å². The molecule has 1 unspecified atom stereocenters. The van der Waals surface area contributed by atoms with Gasteiger partial charge in [-0.05, 0) is 38.0 Å². The summed E-state index contributed by atoms with van der Waals surface area (Å²) in [5.41, 5.74) is 0. The van der Waals surface area contributed by atoms with Crippen LogP contribution in [0.1, 0.15) is 84.0 Å². The van der Waals surface area contributed by atoms with E-state index in [0.717, 1.165) is 25.7 Å². The van der Waals surface area contributed by atoms with Crippen molar-refractivity contribution in [3.05, 3.63) is 12.2 Å². The molecule has 0 fully saturated rings. The van der Waals surface area contributed by atoms with Crippen molar-refractivity contribution in [1.29, 1.82) is 0 Å². The Labute approximate surface area is 113 Å². The van der Waals surface area contributed by atoms with E-state index in [1.165, 1.54) is 51.4 Å². The maximum Gasteiger partial charge on any atom is 0.133 e. The van der Waals surface area contributed by atoms with Crippen LogP contribution in [0.25, 0.3) is 0 Å². The predicted octanol–water partition coefficient (Wildman–Crippen LogP) is 5.44. The predicted molar refractivity (Wildman–Crippen MR) is 78.7 cm³/mol. The first-order chi connectivity index (χ1) is 8.79. The van der Waals surface area contributed by atoms with Crippen LogP contribution in [0.15, 0.2) is 12.2 Å². The quantitative estimate of drug-likeness (QED) is 0.523. The minimum absolute atomic E-state index is 0.485. The van der Waals surface area contributed by atoms with Gasteiger partial charge in [0, 0.05) is 12.8 Å². The van der Waals surface area contributed by atoms with Gasteiger partial charge in [0.05, 0.1) is 0 Å². The van der Waals surface area contributed by atoms with Crippen molar-refractivity contribution in [2.75, 3.05) is 0 Å². The van der Waals surface area contributed by atoms with Gasteiger partial charge in [-0.25, -0.2) is 0 Å². The van der Waals surface area contributed by atoms with Crippen LogP contribution in [-0.2, 0) is 4.79 Å². The van der Waals surface area contributed by atoms with Crippen LogP contribution in [0.3, 0.4) is 0 Å². The van der Waals surface area contributed by atoms with Crippen LogP contribution >= 0.6 is 0 Å². The van der Waals surface area contributed by atoms with E-state index in [1.54, 1.807) is 0 Å². The fraction of sp³-hybridized carbons (Fsp3) is 0.824. The van der Waals surface area contributed by atoms with Crippen molar-refractivity contribution >= 4 is 5.78 Å². The molecule has 1 aliphatic carbocycles. The maximum atomic E-state index is 11.8. The summed E-state index contributed by atoms with van der Waals surface area (Å²) in [4.78, 5) is 11.8. The molecule has 0 aromatic rings. The van der Waals surface area contributed by atoms with Crippen LogP contribution in [0.4, 0.5) is 0 Å². The number of ketones is 1. The molecule has 18 heavy (non-hydrogen) atoms. The Morgan fingerprint density at radius 1 is 0.889 bits per heavy atom. The van der Waals surface area contributed by atoms with E-state index in [4.69, 9.17) is 0 Å². The number of Topliss-reactive ketones (excluding diaryl/α,β-unsaturated/α-hetero) is 1. The van der Waals surface area contributed by atoms with Gasteiger partial charge >= 0.3 is 0 Å². The molecule has 1 atom stereocenters. The third-order valence-corrected chi connectivity index (χ3v) is 3.90. The second-order valence-corrected chi connectivity index (χ2v) is 5.91. The first-order valence-corrected chi connectivity index (χ1v) is 7.95. The van der Waals surface area contributed by atoms with Crippen molar-refractivity contribution in [3.63, 3.8) is 0 Å². The zero-order valence-electron chi connectivity index (χ0n) is 12.1. The lowest BCUT2D eigenvalue weighted by molar-refractivity contribution is -0.120. The van der Waals surface area contributed by atoms with Crippen LogP contribution in [-0.4, -0.2) is 5.78 Å². The second-order valence-electron chi connectivity index (χ2n) is 5.91. The smallest absolute Gasteiger partial charge is 0.133 e. The molecule has 0 radical (unpaired) electrons. The van der Waals surface area contributed by atoms with Crippen molar-refractivity contribution < 1.29 is 4.79 Å². The summed E-state index contributed by atoms with van der Waals surface area (Å²) in [7, 11) is 0. The standard InChI is InChI=1S/C17H30O/c1-16-13-11-9-7-5-3-2-4-6-8-10-12-14-17(18)15-16/h7,9,16H,2-6,8,10-15H2,1H3/b9-7+. The Hall–Kier alpha value is -0.590. The molecule has 1 aliphatic rings. The minimum atomic E-state index is 0.485. The number of hydrogen-bond acceptors (Lipinski definition) is 1. The highest BCUT2D eigenvalue weighted by atomic mass is 16.1. The molecule has 0 aromatic heterocycles. The molecular weight excluding hydrogens is 220 g/mol. The lowest BCUT2D eigenvalue weighted by atomic mass is 9.96. The number of carbonyl (C=O) groups is 1. The van der Waals surface area contributed by atoms with Gasteiger partial charge < -0.3 is 0 Å². The SMILES string of the molecule is CC1CC/C=C/CCCCCCCCCC(=O)C1. The number of hydrogen-bond donors (Lipinski definition) is 0. The molecule has 0 spiro atoms. The summed E-state index contributed by atoms with van der Waals surface area (Å²) >= 11 is 0. The molecule has 0 saturated heterocycles. The molecule has 104 valence electrons. The Morgan fingerprint density at radius 2 is 1.50 bits per heavy atom. The summed E-state index contributed by atoms with van der Waals surface area (Å²) in [5.74, 6) is 1.05. The van der Waals surface area contributed by atoms with Crippen LogP contribution in [0.2, 0.25) is 0 Å². The van der Waals surface area contributed by atoms with Crippen molar-refractivity contribution in [2.24, 2.45) is 5.92 Å². The Kier molecular flexibility index (Phi) is 8.89. The Morgan fingerprint density at radius 3 is 2.28 bits per heavy atom. The van der Waals surface area contributed by atoms with Gasteiger partial charge in [-0.15, -0.1) is 0 Å². The van der Waals surface area contributed by atoms with Gasteiger partial charge in [-0.2, -0.15) is 0 Å². The summed E-state index contributed by atoms with van der Waals surface area (Å²) in [5, 5.41) is 0. The fourth-order valence-corrected chi connectivity index (χ4v) is 2.68. The third-order valence-electron chi connectivity index (χ3n) is 3.90. The first-order valence-electron chi connectivity index (χ1n) is 7.95. The lowest BCUT2D eigenvalue weighted by Gasteiger charge is -2.09. The monoisotopic (exact) mass is 250 g/mol. The molecule has 1 heteroatoms. The van der Waals surface area contributed by atoms with E-state index < -0.39 is 0 Å². The Bertz CT molecular complexity index is 242. The van der Waals surface area contributed by atoms with E-state index in [9.17, 15) is 4.79 Å². The minimum Gasteiger partial charge on any atom is -0.300 e. The zero-order chi connectivity index (χ0) is 13.1. The van der Waals surface area contributed by atoms with Crippen LogP contribution in [0.5, 0.6) is 0 Å². The number of carbonyl (C=O) groups excluding carboxylic acids is 1. The highest BCUT2D eigenvalue weighted by Crippen LogP contribution is 2.16. The molecule has 0 aliphatic heterocycles. The average Bonchev–Trinajstić information content (AvgIpc) is 2.33. The topological polar surface area (TPSA) is 17.1 Å². The van der Waals surface area contributed by atoms with Gasteiger partial charge in [0.2, 0.25) is 0 Å². The molecule has 0 heterocycles. The average molecular weight is 250 g/mol. The molecule has 0 N–H and O–H groups in total. The fourth-order valence-electron chi connectivity index (χ4n) is 2.68. The third kappa shape index (κ3) is 8.49. The zero-order valence-corrected chi connectivity index (χ0v) is 12.1. The van der Waals surface area contributed by atoms with Crippen molar-refractivity contribution in [1.82, 2.24) is 0 Å². The molecule has 0 bridgehead atoms. The van der Waals surface area contributed by atoms with Gasteiger partial charge in [0.1, 0.15) is 5.78 Å². The van der Waals surface area contributed by atoms with Gasteiger partial charge in [-0.3, -0.25) is 4.79 Å². The van der Waals surface area contributed by atoms with Crippen molar-refractivity contribution in [2.45, 2.75) is 84.0 Å². The number of rotatable bonds is 0. The largest absolute Gasteiger partial charge is 0.300 e. The normalized spacial score (nSPS) is 27.8. The maximum absolute atomic E-state index is 11.8. The Balaban J connectivity index is 2.29. The van der Waals surface area contributed by atoms with Gasteiger partial charge in [0.15, 0.2) is 0 Å². The lowest BCUT2D eigenvalue weighted by Crippen LogP contribution is -2.05. The molecule has 0 amide bonds. The van der Waals surface area contributed by atoms with E-state index >= 15 is 0 Å². The van der Waals surface area contributed by atoms with E-state index in [1.807, 2.05) is 0 Å². The van der Waals surface area contributed by atoms with Crippen LogP contribution in [0, 0.1) is 5.92 Å². The van der Waals surface area contributed by atoms with E-state index in [-0.39, 0.29) is 0 Å². The summed E-state index contributed by atoms with van der Waals surface area (Å²) in [6.07, 6.45) is 19.0. The highest BCUT2D eigenvalue weighted by Gasteiger charge is 2.08. The molecule has 0 saturated carbocycles. The van der Waals surface area contributed by atoms with Gasteiger partial charge in [0.25, 0.3) is 0 Å². The first kappa shape index (κ1) is 15.5. The number of allylic oxidation sites excluding steroid dienone is 2. The molecule has 1 rings (SSSR count). The van der Waals surface area contributed by atoms with E-state index in [2.05, 4.69) is 19.1 Å². The molecule has 1 nitrogen and oxygen atoms in total. The van der Waals surface area contributed by atoms with Gasteiger partial charge in [-0.1, -0.05) is 51.2 Å². The van der Waals surface area contributed by atoms with Crippen LogP contribution < -0.4 is 0 Å². The van der Waals surface area contributed by atoms with Crippen molar-refractivity contribution in [3.8, 4) is 0 Å². The molecule has 0 aromatic carbocycles. The molecular formula is C17H30O. The summed E-state index contributed by atoms with van der Waals surface area (Å²) < 4.78 is 0. The highest BCUT2D eigenvalue weighted by molar-refractivity contribution is 5.78.